The highest BCUT2D eigenvalue weighted by atomic mass is 35.5. The fraction of sp³-hybridized carbons (Fsp3) is 0.625. The molecule has 0 amide bonds. The van der Waals surface area contributed by atoms with Crippen molar-refractivity contribution >= 4 is 17.5 Å². The van der Waals surface area contributed by atoms with Gasteiger partial charge in [-0.25, -0.2) is 4.57 Å². The largest absolute Gasteiger partial charge is 0.434 e. The van der Waals surface area contributed by atoms with Crippen LogP contribution in [0.5, 0.6) is 0 Å². The van der Waals surface area contributed by atoms with Crippen molar-refractivity contribution in [1.29, 1.82) is 0 Å². The van der Waals surface area contributed by atoms with E-state index in [2.05, 4.69) is 4.98 Å². The molecule has 0 aliphatic rings. The molecule has 1 rings (SSSR count). The standard InChI is InChI=1S/C8H13ClN4O3/c9-1-2-10-5-7(14)6-12-4-3-11-8(12)13(15)16/h3-4,7,10,14H,1-2,5-6H2/p+1. The van der Waals surface area contributed by atoms with Crippen LogP contribution in [0, 0.1) is 10.1 Å². The van der Waals surface area contributed by atoms with E-state index in [1.165, 1.54) is 17.0 Å². The number of imidazole rings is 1. The molecule has 90 valence electrons. The van der Waals surface area contributed by atoms with Gasteiger partial charge < -0.3 is 20.5 Å². The maximum atomic E-state index is 10.5. The van der Waals surface area contributed by atoms with E-state index in [9.17, 15) is 15.2 Å². The summed E-state index contributed by atoms with van der Waals surface area (Å²) in [5.74, 6) is 0.259. The molecule has 0 saturated carbocycles. The lowest BCUT2D eigenvalue weighted by atomic mass is 10.3. The van der Waals surface area contributed by atoms with Crippen LogP contribution in [-0.2, 0) is 6.54 Å². The molecule has 0 aromatic carbocycles. The van der Waals surface area contributed by atoms with Crippen molar-refractivity contribution in [1.82, 2.24) is 9.55 Å². The molecule has 16 heavy (non-hydrogen) atoms. The first kappa shape index (κ1) is 12.9. The van der Waals surface area contributed by atoms with Gasteiger partial charge in [0.15, 0.2) is 0 Å². The van der Waals surface area contributed by atoms with Crippen LogP contribution < -0.4 is 5.32 Å². The average Bonchev–Trinajstić information content (AvgIpc) is 2.66. The monoisotopic (exact) mass is 249 g/mol. The van der Waals surface area contributed by atoms with E-state index in [1.54, 1.807) is 0 Å². The summed E-state index contributed by atoms with van der Waals surface area (Å²) >= 11 is 5.48. The van der Waals surface area contributed by atoms with Crippen molar-refractivity contribution < 1.29 is 15.3 Å². The number of aliphatic hydroxyl groups excluding tert-OH is 1. The normalized spacial score (nSPS) is 12.6. The topological polar surface area (TPSA) is 97.8 Å². The van der Waals surface area contributed by atoms with Crippen molar-refractivity contribution in [3.8, 4) is 0 Å². The van der Waals surface area contributed by atoms with E-state index in [0.29, 0.717) is 19.0 Å². The Morgan fingerprint density at radius 1 is 1.75 bits per heavy atom. The number of aromatic nitrogens is 2. The van der Waals surface area contributed by atoms with E-state index >= 15 is 0 Å². The zero-order valence-corrected chi connectivity index (χ0v) is 9.38. The van der Waals surface area contributed by atoms with Crippen molar-refractivity contribution in [3.63, 3.8) is 0 Å². The molecule has 0 fully saturated rings. The third kappa shape index (κ3) is 3.76. The first-order chi connectivity index (χ1) is 7.65. The molecule has 3 N–H and O–H groups in total. The second kappa shape index (κ2) is 6.41. The number of nitro groups is 1. The number of hydrogen-bond donors (Lipinski definition) is 2. The first-order valence-corrected chi connectivity index (χ1v) is 5.39. The number of quaternary nitrogens is 1. The average molecular weight is 250 g/mol. The summed E-state index contributed by atoms with van der Waals surface area (Å²) in [5, 5.41) is 22.0. The van der Waals surface area contributed by atoms with Crippen molar-refractivity contribution in [3.05, 3.63) is 22.5 Å². The first-order valence-electron chi connectivity index (χ1n) is 4.86. The minimum Gasteiger partial charge on any atom is -0.390 e. The SMILES string of the molecule is O=[N+]([O-])c1nccn1CC(O)C[NH2+]CCCl. The lowest BCUT2D eigenvalue weighted by molar-refractivity contribution is -0.657. The fourth-order valence-electron chi connectivity index (χ4n) is 1.30. The van der Waals surface area contributed by atoms with E-state index in [4.69, 9.17) is 11.6 Å². The highest BCUT2D eigenvalue weighted by Gasteiger charge is 2.17. The van der Waals surface area contributed by atoms with Crippen molar-refractivity contribution in [2.45, 2.75) is 12.6 Å². The summed E-state index contributed by atoms with van der Waals surface area (Å²) in [6.45, 7) is 1.34. The molecule has 0 spiro atoms. The molecule has 1 unspecified atom stereocenters. The van der Waals surface area contributed by atoms with Crippen LogP contribution in [0.2, 0.25) is 0 Å². The van der Waals surface area contributed by atoms with Gasteiger partial charge in [0.05, 0.1) is 12.4 Å². The zero-order valence-electron chi connectivity index (χ0n) is 8.62. The number of aliphatic hydroxyl groups is 1. The minimum atomic E-state index is -0.656. The molecule has 8 heteroatoms. The molecule has 0 aliphatic carbocycles. The Bertz CT molecular complexity index is 344. The maximum absolute atomic E-state index is 10.5. The van der Waals surface area contributed by atoms with E-state index < -0.39 is 11.0 Å². The zero-order chi connectivity index (χ0) is 12.0. The molecule has 1 aromatic rings. The molecule has 7 nitrogen and oxygen atoms in total. The van der Waals surface area contributed by atoms with E-state index in [-0.39, 0.29) is 12.5 Å². The Kier molecular flexibility index (Phi) is 5.17. The van der Waals surface area contributed by atoms with Gasteiger partial charge in [-0.15, -0.1) is 11.6 Å². The van der Waals surface area contributed by atoms with Gasteiger partial charge >= 0.3 is 5.95 Å². The number of hydrogen-bond acceptors (Lipinski definition) is 4. The Hall–Kier alpha value is -1.18. The number of nitrogens with two attached hydrogens (primary N) is 1. The van der Waals surface area contributed by atoms with Crippen LogP contribution in [0.25, 0.3) is 0 Å². The van der Waals surface area contributed by atoms with Crippen LogP contribution in [0.15, 0.2) is 12.4 Å². The van der Waals surface area contributed by atoms with Gasteiger partial charge in [0.25, 0.3) is 0 Å². The second-order valence-electron chi connectivity index (χ2n) is 3.29. The molecule has 0 radical (unpaired) electrons. The highest BCUT2D eigenvalue weighted by Crippen LogP contribution is 2.07. The fourth-order valence-corrected chi connectivity index (χ4v) is 1.46. The number of rotatable bonds is 7. The van der Waals surface area contributed by atoms with Crippen LogP contribution in [0.3, 0.4) is 0 Å². The van der Waals surface area contributed by atoms with Crippen molar-refractivity contribution in [2.75, 3.05) is 19.0 Å². The predicted octanol–water partition coefficient (Wildman–Crippen LogP) is -1.05. The Morgan fingerprint density at radius 2 is 2.50 bits per heavy atom. The molecular weight excluding hydrogens is 236 g/mol. The molecule has 1 aromatic heterocycles. The third-order valence-electron chi connectivity index (χ3n) is 2.02. The second-order valence-corrected chi connectivity index (χ2v) is 3.67. The summed E-state index contributed by atoms with van der Waals surface area (Å²) in [4.78, 5) is 13.6. The summed E-state index contributed by atoms with van der Waals surface area (Å²) in [5.41, 5.74) is 0. The lowest BCUT2D eigenvalue weighted by Crippen LogP contribution is -2.87. The molecule has 0 bridgehead atoms. The molecule has 0 saturated heterocycles. The van der Waals surface area contributed by atoms with E-state index in [1.807, 2.05) is 5.32 Å². The Balaban J connectivity index is 2.46. The smallest absolute Gasteiger partial charge is 0.390 e. The maximum Gasteiger partial charge on any atom is 0.434 e. The van der Waals surface area contributed by atoms with Gasteiger partial charge in [0.2, 0.25) is 0 Å². The summed E-state index contributed by atoms with van der Waals surface area (Å²) in [7, 11) is 0. The number of alkyl halides is 1. The van der Waals surface area contributed by atoms with Gasteiger partial charge in [-0.2, -0.15) is 0 Å². The predicted molar refractivity (Wildman–Crippen MR) is 57.3 cm³/mol. The van der Waals surface area contributed by atoms with Crippen LogP contribution in [-0.4, -0.2) is 44.7 Å². The van der Waals surface area contributed by atoms with Crippen LogP contribution in [0.1, 0.15) is 0 Å². The van der Waals surface area contributed by atoms with Gasteiger partial charge in [0.1, 0.15) is 31.6 Å². The highest BCUT2D eigenvalue weighted by molar-refractivity contribution is 6.17. The van der Waals surface area contributed by atoms with Gasteiger partial charge in [-0.05, 0) is 4.92 Å². The van der Waals surface area contributed by atoms with Gasteiger partial charge in [-0.3, -0.25) is 0 Å². The Labute approximate surface area is 97.2 Å². The van der Waals surface area contributed by atoms with Gasteiger partial charge in [-0.1, -0.05) is 4.98 Å². The quantitative estimate of drug-likeness (QED) is 0.279. The minimum absolute atomic E-state index is 0.162. The summed E-state index contributed by atoms with van der Waals surface area (Å²) < 4.78 is 1.32. The number of nitrogens with zero attached hydrogens (tertiary/aromatic N) is 3. The number of halogens is 1. The van der Waals surface area contributed by atoms with E-state index in [0.717, 1.165) is 0 Å². The van der Waals surface area contributed by atoms with Crippen LogP contribution >= 0.6 is 11.6 Å². The molecule has 0 aliphatic heterocycles. The van der Waals surface area contributed by atoms with Crippen LogP contribution in [0.4, 0.5) is 5.95 Å². The van der Waals surface area contributed by atoms with Crippen molar-refractivity contribution in [2.24, 2.45) is 0 Å². The molecule has 1 atom stereocenters. The summed E-state index contributed by atoms with van der Waals surface area (Å²) in [6, 6.07) is 0. The molecular formula is C8H14ClN4O3+. The lowest BCUT2D eigenvalue weighted by Gasteiger charge is -2.08. The van der Waals surface area contributed by atoms with Gasteiger partial charge in [0, 0.05) is 0 Å². The summed E-state index contributed by atoms with van der Waals surface area (Å²) in [6.07, 6.45) is 2.16. The third-order valence-corrected chi connectivity index (χ3v) is 2.23. The molecule has 1 heterocycles. The Morgan fingerprint density at radius 3 is 3.12 bits per heavy atom.